The van der Waals surface area contributed by atoms with E-state index in [2.05, 4.69) is 0 Å². The molecule has 4 heteroatoms. The van der Waals surface area contributed by atoms with Crippen LogP contribution in [0, 0.1) is 0 Å². The van der Waals surface area contributed by atoms with Gasteiger partial charge in [0, 0.05) is 6.61 Å². The Bertz CT molecular complexity index is 454. The first kappa shape index (κ1) is 18.5. The van der Waals surface area contributed by atoms with Crippen LogP contribution < -0.4 is 4.74 Å². The summed E-state index contributed by atoms with van der Waals surface area (Å²) in [5, 5.41) is 17.8. The number of hydrogen-bond acceptors (Lipinski definition) is 3. The Hall–Kier alpha value is -1.55. The van der Waals surface area contributed by atoms with E-state index in [0.717, 1.165) is 25.7 Å². The molecule has 1 aromatic rings. The minimum Gasteiger partial charge on any atom is -0.478 e. The first-order valence-corrected chi connectivity index (χ1v) is 8.08. The van der Waals surface area contributed by atoms with Crippen molar-refractivity contribution in [3.8, 4) is 5.75 Å². The lowest BCUT2D eigenvalue weighted by molar-refractivity contribution is -0.152. The van der Waals surface area contributed by atoms with Gasteiger partial charge in [-0.15, -0.1) is 0 Å². The molecule has 1 aromatic carbocycles. The predicted octanol–water partition coefficient (Wildman–Crippen LogP) is 3.80. The van der Waals surface area contributed by atoms with E-state index in [1.807, 2.05) is 18.2 Å². The highest BCUT2D eigenvalue weighted by atomic mass is 16.5. The number of aryl methyl sites for hydroxylation is 1. The number of unbranched alkanes of at least 4 members (excludes halogenated alkanes) is 5. The Kier molecular flexibility index (Phi) is 7.96. The summed E-state index contributed by atoms with van der Waals surface area (Å²) in [6.07, 6.45) is 7.65. The topological polar surface area (TPSA) is 66.8 Å². The Morgan fingerprint density at radius 2 is 1.73 bits per heavy atom. The first-order valence-electron chi connectivity index (χ1n) is 8.08. The highest BCUT2D eigenvalue weighted by Crippen LogP contribution is 2.21. The summed E-state index contributed by atoms with van der Waals surface area (Å²) < 4.78 is 5.55. The molecule has 124 valence electrons. The van der Waals surface area contributed by atoms with E-state index in [1.54, 1.807) is 19.9 Å². The van der Waals surface area contributed by atoms with Gasteiger partial charge >= 0.3 is 5.97 Å². The van der Waals surface area contributed by atoms with Crippen molar-refractivity contribution in [1.82, 2.24) is 0 Å². The van der Waals surface area contributed by atoms with Crippen LogP contribution in [0.2, 0.25) is 0 Å². The summed E-state index contributed by atoms with van der Waals surface area (Å²) in [5.41, 5.74) is -0.0419. The minimum atomic E-state index is -1.22. The molecule has 0 aliphatic rings. The molecule has 0 saturated carbocycles. The van der Waals surface area contributed by atoms with Crippen molar-refractivity contribution in [2.45, 2.75) is 64.4 Å². The number of rotatable bonds is 11. The summed E-state index contributed by atoms with van der Waals surface area (Å²) in [6, 6.07) is 7.68. The average molecular weight is 308 g/mol. The third kappa shape index (κ3) is 6.94. The van der Waals surface area contributed by atoms with Gasteiger partial charge in [0.2, 0.25) is 0 Å². The van der Waals surface area contributed by atoms with Crippen LogP contribution in [0.1, 0.15) is 57.9 Å². The van der Waals surface area contributed by atoms with E-state index in [1.165, 1.54) is 24.8 Å². The molecule has 0 saturated heterocycles. The quantitative estimate of drug-likeness (QED) is 0.610. The number of carboxylic acid groups (broad SMARTS) is 1. The normalized spacial score (nSPS) is 11.4. The molecule has 22 heavy (non-hydrogen) atoms. The molecule has 0 atom stereocenters. The lowest BCUT2D eigenvalue weighted by Gasteiger charge is -2.21. The number of carboxylic acids is 1. The fourth-order valence-electron chi connectivity index (χ4n) is 2.25. The Morgan fingerprint density at radius 1 is 1.09 bits per heavy atom. The van der Waals surface area contributed by atoms with Gasteiger partial charge in [-0.25, -0.2) is 4.79 Å². The van der Waals surface area contributed by atoms with Gasteiger partial charge in [-0.05, 0) is 50.8 Å². The molecule has 0 fully saturated rings. The molecule has 0 spiro atoms. The maximum Gasteiger partial charge on any atom is 0.347 e. The van der Waals surface area contributed by atoms with Crippen molar-refractivity contribution in [3.05, 3.63) is 29.8 Å². The van der Waals surface area contributed by atoms with Crippen molar-refractivity contribution in [3.63, 3.8) is 0 Å². The monoisotopic (exact) mass is 308 g/mol. The molecule has 0 aliphatic carbocycles. The molecule has 0 aromatic heterocycles. The van der Waals surface area contributed by atoms with Crippen molar-refractivity contribution >= 4 is 5.97 Å². The predicted molar refractivity (Wildman–Crippen MR) is 87.3 cm³/mol. The number of aliphatic hydroxyl groups is 1. The molecule has 0 heterocycles. The first-order chi connectivity index (χ1) is 10.5. The van der Waals surface area contributed by atoms with Gasteiger partial charge in [-0.2, -0.15) is 0 Å². The summed E-state index contributed by atoms with van der Waals surface area (Å²) in [6.45, 7) is 3.39. The van der Waals surface area contributed by atoms with Crippen molar-refractivity contribution in [1.29, 1.82) is 0 Å². The Balaban J connectivity index is 2.37. The van der Waals surface area contributed by atoms with Gasteiger partial charge in [0.15, 0.2) is 5.60 Å². The second-order valence-electron chi connectivity index (χ2n) is 6.16. The fraction of sp³-hybridized carbons (Fsp3) is 0.611. The highest BCUT2D eigenvalue weighted by molar-refractivity contribution is 5.76. The smallest absolute Gasteiger partial charge is 0.347 e. The molecule has 2 N–H and O–H groups in total. The highest BCUT2D eigenvalue weighted by Gasteiger charge is 2.29. The molecular weight excluding hydrogens is 280 g/mol. The number of benzene rings is 1. The standard InChI is InChI=1S/C18H28O4/c1-18(2,17(20)21)22-16-12-9-11-15(14-16)10-7-5-3-4-6-8-13-19/h9,11-12,14,19H,3-8,10,13H2,1-2H3,(H,20,21). The third-order valence-corrected chi connectivity index (χ3v) is 3.66. The van der Waals surface area contributed by atoms with Gasteiger partial charge in [0.25, 0.3) is 0 Å². The number of aliphatic carboxylic acids is 1. The zero-order valence-electron chi connectivity index (χ0n) is 13.7. The van der Waals surface area contributed by atoms with Crippen LogP contribution in [0.3, 0.4) is 0 Å². The van der Waals surface area contributed by atoms with Crippen molar-refractivity contribution in [2.75, 3.05) is 6.61 Å². The van der Waals surface area contributed by atoms with E-state index in [9.17, 15) is 4.79 Å². The fourth-order valence-corrected chi connectivity index (χ4v) is 2.25. The number of ether oxygens (including phenoxy) is 1. The van der Waals surface area contributed by atoms with E-state index in [-0.39, 0.29) is 0 Å². The van der Waals surface area contributed by atoms with Gasteiger partial charge < -0.3 is 14.9 Å². The number of aliphatic hydroxyl groups excluding tert-OH is 1. The molecular formula is C18H28O4. The Labute approximate surface area is 133 Å². The van der Waals surface area contributed by atoms with Crippen LogP contribution in [0.25, 0.3) is 0 Å². The average Bonchev–Trinajstić information content (AvgIpc) is 2.46. The maximum absolute atomic E-state index is 11.1. The second-order valence-corrected chi connectivity index (χ2v) is 6.16. The summed E-state index contributed by atoms with van der Waals surface area (Å²) in [5.74, 6) is -0.367. The van der Waals surface area contributed by atoms with Gasteiger partial charge in [0.1, 0.15) is 5.75 Å². The van der Waals surface area contributed by atoms with Crippen molar-refractivity contribution < 1.29 is 19.7 Å². The maximum atomic E-state index is 11.1. The lowest BCUT2D eigenvalue weighted by Crippen LogP contribution is -2.37. The lowest BCUT2D eigenvalue weighted by atomic mass is 10.0. The minimum absolute atomic E-state index is 0.291. The van der Waals surface area contributed by atoms with Crippen LogP contribution in [-0.4, -0.2) is 28.4 Å². The van der Waals surface area contributed by atoms with Crippen LogP contribution in [-0.2, 0) is 11.2 Å². The molecule has 0 radical (unpaired) electrons. The van der Waals surface area contributed by atoms with Crippen LogP contribution in [0.4, 0.5) is 0 Å². The van der Waals surface area contributed by atoms with E-state index in [4.69, 9.17) is 14.9 Å². The van der Waals surface area contributed by atoms with E-state index < -0.39 is 11.6 Å². The SMILES string of the molecule is CC(C)(Oc1cccc(CCCCCCCCO)c1)C(=O)O. The zero-order chi connectivity index (χ0) is 16.4. The zero-order valence-corrected chi connectivity index (χ0v) is 13.7. The number of hydrogen-bond donors (Lipinski definition) is 2. The summed E-state index contributed by atoms with van der Waals surface area (Å²) in [4.78, 5) is 11.1. The molecule has 0 aliphatic heterocycles. The molecule has 0 bridgehead atoms. The third-order valence-electron chi connectivity index (χ3n) is 3.66. The molecule has 1 rings (SSSR count). The van der Waals surface area contributed by atoms with Crippen molar-refractivity contribution in [2.24, 2.45) is 0 Å². The summed E-state index contributed by atoms with van der Waals surface area (Å²) in [7, 11) is 0. The number of carbonyl (C=O) groups is 1. The van der Waals surface area contributed by atoms with Gasteiger partial charge in [-0.1, -0.05) is 37.8 Å². The van der Waals surface area contributed by atoms with E-state index >= 15 is 0 Å². The second kappa shape index (κ2) is 9.46. The molecule has 0 unspecified atom stereocenters. The van der Waals surface area contributed by atoms with Gasteiger partial charge in [-0.3, -0.25) is 0 Å². The molecule has 0 amide bonds. The largest absolute Gasteiger partial charge is 0.478 e. The van der Waals surface area contributed by atoms with Crippen LogP contribution in [0.15, 0.2) is 24.3 Å². The molecule has 4 nitrogen and oxygen atoms in total. The summed E-state index contributed by atoms with van der Waals surface area (Å²) >= 11 is 0. The van der Waals surface area contributed by atoms with E-state index in [0.29, 0.717) is 12.4 Å². The van der Waals surface area contributed by atoms with Crippen LogP contribution in [0.5, 0.6) is 5.75 Å². The van der Waals surface area contributed by atoms with Crippen LogP contribution >= 0.6 is 0 Å². The Morgan fingerprint density at radius 3 is 2.36 bits per heavy atom. The van der Waals surface area contributed by atoms with Gasteiger partial charge in [0.05, 0.1) is 0 Å².